The first-order valence-corrected chi connectivity index (χ1v) is 14.6. The van der Waals surface area contributed by atoms with Gasteiger partial charge in [-0.25, -0.2) is 0 Å². The van der Waals surface area contributed by atoms with Gasteiger partial charge in [-0.1, -0.05) is 19.1 Å². The first kappa shape index (κ1) is 29.2. The number of fused-ring (bicyclic) bond motifs is 11. The van der Waals surface area contributed by atoms with Crippen LogP contribution in [0.15, 0.2) is 36.4 Å². The number of likely N-dealkylation sites (N-methyl/N-ethyl adjacent to an activating group) is 1. The summed E-state index contributed by atoms with van der Waals surface area (Å²) in [5.41, 5.74) is 3.08. The Morgan fingerprint density at radius 3 is 2.32 bits per heavy atom. The molecule has 10 heteroatoms. The zero-order valence-electron chi connectivity index (χ0n) is 24.5. The minimum atomic E-state index is -0.333. The molecule has 1 atom stereocenters. The third-order valence-corrected chi connectivity index (χ3v) is 8.34. The Hall–Kier alpha value is -3.34. The summed E-state index contributed by atoms with van der Waals surface area (Å²) in [6, 6.07) is 11.5. The molecule has 0 N–H and O–H groups in total. The van der Waals surface area contributed by atoms with E-state index in [1.54, 1.807) is 19.1 Å². The maximum atomic E-state index is 14.1. The van der Waals surface area contributed by atoms with E-state index < -0.39 is 0 Å². The lowest BCUT2D eigenvalue weighted by molar-refractivity contribution is -0.143. The molecule has 1 unspecified atom stereocenters. The summed E-state index contributed by atoms with van der Waals surface area (Å²) < 4.78 is 22.9. The highest BCUT2D eigenvalue weighted by Gasteiger charge is 2.35. The van der Waals surface area contributed by atoms with Gasteiger partial charge in [0.25, 0.3) is 0 Å². The Morgan fingerprint density at radius 2 is 1.61 bits per heavy atom. The Labute approximate surface area is 242 Å². The predicted octanol–water partition coefficient (Wildman–Crippen LogP) is 2.05. The van der Waals surface area contributed by atoms with Gasteiger partial charge in [-0.15, -0.1) is 0 Å². The number of hydrogen-bond donors (Lipinski definition) is 0. The molecule has 2 bridgehead atoms. The smallest absolute Gasteiger partial charge is 0.242 e. The highest BCUT2D eigenvalue weighted by atomic mass is 16.5. The van der Waals surface area contributed by atoms with Gasteiger partial charge >= 0.3 is 0 Å². The quantitative estimate of drug-likeness (QED) is 0.509. The van der Waals surface area contributed by atoms with Crippen LogP contribution < -0.4 is 14.2 Å². The zero-order valence-corrected chi connectivity index (χ0v) is 24.5. The molecule has 0 radical (unpaired) electrons. The number of ether oxygens (including phenoxy) is 4. The number of benzene rings is 2. The first-order chi connectivity index (χ1) is 20.0. The van der Waals surface area contributed by atoms with Crippen LogP contribution in [0.25, 0.3) is 0 Å². The third kappa shape index (κ3) is 6.77. The van der Waals surface area contributed by atoms with Crippen LogP contribution in [0.3, 0.4) is 0 Å². The molecule has 4 heterocycles. The Balaban J connectivity index is 1.43. The Bertz CT molecular complexity index is 1200. The van der Waals surface area contributed by atoms with E-state index in [1.807, 2.05) is 41.3 Å². The van der Waals surface area contributed by atoms with Crippen LogP contribution in [-0.2, 0) is 20.7 Å². The van der Waals surface area contributed by atoms with Crippen molar-refractivity contribution < 1.29 is 28.5 Å². The molecule has 6 rings (SSSR count). The van der Waals surface area contributed by atoms with Crippen molar-refractivity contribution in [3.8, 4) is 17.2 Å². The molecule has 1 saturated heterocycles. The lowest BCUT2D eigenvalue weighted by Crippen LogP contribution is -2.52. The summed E-state index contributed by atoms with van der Waals surface area (Å²) in [6.07, 6.45) is 0.678. The van der Waals surface area contributed by atoms with E-state index in [9.17, 15) is 9.59 Å². The van der Waals surface area contributed by atoms with Gasteiger partial charge in [0.15, 0.2) is 11.5 Å². The van der Waals surface area contributed by atoms with Crippen LogP contribution in [0.2, 0.25) is 0 Å². The van der Waals surface area contributed by atoms with Gasteiger partial charge in [-0.3, -0.25) is 14.5 Å². The number of methoxy groups -OCH3 is 2. The van der Waals surface area contributed by atoms with Crippen molar-refractivity contribution in [2.75, 3.05) is 92.9 Å². The van der Waals surface area contributed by atoms with Gasteiger partial charge in [0.1, 0.15) is 12.4 Å². The van der Waals surface area contributed by atoms with E-state index in [0.29, 0.717) is 57.4 Å². The van der Waals surface area contributed by atoms with E-state index in [0.717, 1.165) is 55.2 Å². The van der Waals surface area contributed by atoms with Gasteiger partial charge in [0, 0.05) is 39.3 Å². The van der Waals surface area contributed by atoms with Gasteiger partial charge in [0.2, 0.25) is 11.8 Å². The topological polar surface area (TPSA) is 84.0 Å². The standard InChI is InChI=1S/C31H42N4O6/c1-4-32-11-13-33(14-12-32)21-29(36)34-15-16-40-17-18-41-25-7-5-23(6-8-25)31-26-20-28(39-3)27(38-2)19-24(26)9-10-35(31)30(37)22-34/h5-8,19-20,31H,4,9-18,21-22H2,1-3H3. The lowest BCUT2D eigenvalue weighted by Gasteiger charge is -2.39. The van der Waals surface area contributed by atoms with Gasteiger partial charge < -0.3 is 33.6 Å². The second-order valence-corrected chi connectivity index (χ2v) is 10.7. The second kappa shape index (κ2) is 13.5. The van der Waals surface area contributed by atoms with Crippen molar-refractivity contribution in [2.45, 2.75) is 19.4 Å². The van der Waals surface area contributed by atoms with Crippen molar-refractivity contribution in [3.05, 3.63) is 53.1 Å². The van der Waals surface area contributed by atoms with E-state index >= 15 is 0 Å². The second-order valence-electron chi connectivity index (χ2n) is 10.7. The van der Waals surface area contributed by atoms with Gasteiger partial charge in [0.05, 0.1) is 46.6 Å². The van der Waals surface area contributed by atoms with Crippen molar-refractivity contribution in [3.63, 3.8) is 0 Å². The summed E-state index contributed by atoms with van der Waals surface area (Å²) in [4.78, 5) is 35.7. The normalized spacial score (nSPS) is 20.9. The summed E-state index contributed by atoms with van der Waals surface area (Å²) in [7, 11) is 3.25. The van der Waals surface area contributed by atoms with E-state index in [-0.39, 0.29) is 24.4 Å². The minimum absolute atomic E-state index is 0.00479. The molecule has 0 aromatic heterocycles. The number of hydrogen-bond acceptors (Lipinski definition) is 8. The maximum absolute atomic E-state index is 14.1. The number of piperazine rings is 1. The van der Waals surface area contributed by atoms with Crippen molar-refractivity contribution in [1.29, 1.82) is 0 Å². The highest BCUT2D eigenvalue weighted by molar-refractivity contribution is 5.86. The molecule has 4 aliphatic rings. The predicted molar refractivity (Wildman–Crippen MR) is 155 cm³/mol. The van der Waals surface area contributed by atoms with Gasteiger partial charge in [-0.05, 0) is 53.9 Å². The molecule has 1 fully saturated rings. The average molecular weight is 567 g/mol. The molecule has 222 valence electrons. The van der Waals surface area contributed by atoms with Crippen LogP contribution >= 0.6 is 0 Å². The van der Waals surface area contributed by atoms with Crippen molar-refractivity contribution in [1.82, 2.24) is 19.6 Å². The number of rotatable bonds is 5. The molecule has 10 nitrogen and oxygen atoms in total. The molecular formula is C31H42N4O6. The molecule has 0 saturated carbocycles. The average Bonchev–Trinajstić information content (AvgIpc) is 3.01. The van der Waals surface area contributed by atoms with Crippen LogP contribution in [0.5, 0.6) is 17.2 Å². The largest absolute Gasteiger partial charge is 0.493 e. The molecule has 0 aliphatic carbocycles. The zero-order chi connectivity index (χ0) is 28.8. The van der Waals surface area contributed by atoms with Crippen LogP contribution in [0, 0.1) is 0 Å². The Kier molecular flexibility index (Phi) is 9.64. The molecular weight excluding hydrogens is 524 g/mol. The molecule has 2 aromatic rings. The molecule has 2 amide bonds. The fourth-order valence-corrected chi connectivity index (χ4v) is 5.92. The van der Waals surface area contributed by atoms with E-state index in [1.165, 1.54) is 0 Å². The van der Waals surface area contributed by atoms with Crippen LogP contribution in [0.4, 0.5) is 0 Å². The summed E-state index contributed by atoms with van der Waals surface area (Å²) in [6.45, 7) is 9.12. The van der Waals surface area contributed by atoms with E-state index in [2.05, 4.69) is 16.7 Å². The van der Waals surface area contributed by atoms with Crippen molar-refractivity contribution >= 4 is 11.8 Å². The summed E-state index contributed by atoms with van der Waals surface area (Å²) >= 11 is 0. The van der Waals surface area contributed by atoms with Crippen LogP contribution in [0.1, 0.15) is 29.7 Å². The number of amides is 2. The van der Waals surface area contributed by atoms with Crippen LogP contribution in [-0.4, -0.2) is 124 Å². The Morgan fingerprint density at radius 1 is 0.902 bits per heavy atom. The fourth-order valence-electron chi connectivity index (χ4n) is 5.92. The molecule has 41 heavy (non-hydrogen) atoms. The summed E-state index contributed by atoms with van der Waals surface area (Å²) in [5.74, 6) is 1.90. The number of nitrogens with zero attached hydrogens (tertiary/aromatic N) is 4. The van der Waals surface area contributed by atoms with Gasteiger partial charge in [-0.2, -0.15) is 0 Å². The van der Waals surface area contributed by atoms with Crippen molar-refractivity contribution in [2.24, 2.45) is 0 Å². The highest BCUT2D eigenvalue weighted by Crippen LogP contribution is 2.41. The first-order valence-electron chi connectivity index (χ1n) is 14.6. The number of carbonyl (C=O) groups is 2. The molecule has 0 spiro atoms. The number of carbonyl (C=O) groups excluding carboxylic acids is 2. The van der Waals surface area contributed by atoms with E-state index in [4.69, 9.17) is 18.9 Å². The maximum Gasteiger partial charge on any atom is 0.242 e. The third-order valence-electron chi connectivity index (χ3n) is 8.34. The SMILES string of the molecule is CCN1CCN(CC(=O)N2CCOCCOc3ccc(cc3)C3c4cc(OC)c(OC)cc4CCN3C(=O)C2)CC1. The fraction of sp³-hybridized carbons (Fsp3) is 0.548. The summed E-state index contributed by atoms with van der Waals surface area (Å²) in [5, 5.41) is 0. The monoisotopic (exact) mass is 566 g/mol. The minimum Gasteiger partial charge on any atom is -0.493 e. The molecule has 2 aromatic carbocycles. The molecule has 4 aliphatic heterocycles. The lowest BCUT2D eigenvalue weighted by atomic mass is 9.87.